The molecule has 2 nitrogen and oxygen atoms in total. The molecule has 0 amide bonds. The first-order valence-electron chi connectivity index (χ1n) is 4.91. The van der Waals surface area contributed by atoms with Gasteiger partial charge in [0.25, 0.3) is 0 Å². The number of hydrogen-bond acceptors (Lipinski definition) is 2. The van der Waals surface area contributed by atoms with Crippen molar-refractivity contribution in [3.8, 4) is 11.5 Å². The van der Waals surface area contributed by atoms with Crippen molar-refractivity contribution in [3.63, 3.8) is 0 Å². The summed E-state index contributed by atoms with van der Waals surface area (Å²) in [6.45, 7) is 0.561. The van der Waals surface area contributed by atoms with Gasteiger partial charge in [0.1, 0.15) is 6.61 Å². The van der Waals surface area contributed by atoms with Crippen molar-refractivity contribution in [2.75, 3.05) is 6.61 Å². The Hall–Kier alpha value is -1.96. The Labute approximate surface area is 87.7 Å². The third-order valence-corrected chi connectivity index (χ3v) is 2.44. The standard InChI is InChI=1S/C13H10O2/c1-2-5-11-9-13-12(8-10(11)4-1)14-6-3-7-15-13/h1-6,8-9H,7H2. The Bertz CT molecular complexity index is 529. The smallest absolute Gasteiger partial charge is 0.169 e. The topological polar surface area (TPSA) is 18.5 Å². The van der Waals surface area contributed by atoms with Crippen molar-refractivity contribution < 1.29 is 9.47 Å². The van der Waals surface area contributed by atoms with Crippen LogP contribution in [0.25, 0.3) is 10.8 Å². The molecule has 2 aromatic carbocycles. The predicted molar refractivity (Wildman–Crippen MR) is 59.2 cm³/mol. The maximum atomic E-state index is 5.54. The van der Waals surface area contributed by atoms with Gasteiger partial charge in [0.2, 0.25) is 0 Å². The number of ether oxygens (including phenoxy) is 2. The molecule has 1 aliphatic heterocycles. The second-order valence-corrected chi connectivity index (χ2v) is 3.45. The summed E-state index contributed by atoms with van der Waals surface area (Å²) in [7, 11) is 0. The van der Waals surface area contributed by atoms with Crippen LogP contribution in [0.3, 0.4) is 0 Å². The van der Waals surface area contributed by atoms with Gasteiger partial charge in [0.15, 0.2) is 11.5 Å². The van der Waals surface area contributed by atoms with Gasteiger partial charge in [-0.2, -0.15) is 0 Å². The normalized spacial score (nSPS) is 13.9. The molecule has 0 unspecified atom stereocenters. The highest BCUT2D eigenvalue weighted by Gasteiger charge is 2.08. The van der Waals surface area contributed by atoms with Crippen LogP contribution >= 0.6 is 0 Å². The van der Waals surface area contributed by atoms with E-state index in [0.717, 1.165) is 16.9 Å². The van der Waals surface area contributed by atoms with E-state index in [1.54, 1.807) is 6.26 Å². The molecule has 0 bridgehead atoms. The van der Waals surface area contributed by atoms with E-state index in [1.165, 1.54) is 5.39 Å². The molecule has 0 aromatic heterocycles. The summed E-state index contributed by atoms with van der Waals surface area (Å²) in [6.07, 6.45) is 3.52. The van der Waals surface area contributed by atoms with Gasteiger partial charge in [0, 0.05) is 0 Å². The average molecular weight is 198 g/mol. The molecule has 0 fully saturated rings. The fourth-order valence-corrected chi connectivity index (χ4v) is 1.70. The Kier molecular flexibility index (Phi) is 1.85. The molecule has 3 rings (SSSR count). The second-order valence-electron chi connectivity index (χ2n) is 3.45. The van der Waals surface area contributed by atoms with Crippen LogP contribution in [0.1, 0.15) is 0 Å². The van der Waals surface area contributed by atoms with E-state index in [9.17, 15) is 0 Å². The number of benzene rings is 2. The molecule has 0 radical (unpaired) electrons. The van der Waals surface area contributed by atoms with Crippen molar-refractivity contribution in [3.05, 3.63) is 48.7 Å². The third kappa shape index (κ3) is 1.44. The summed E-state index contributed by atoms with van der Waals surface area (Å²) >= 11 is 0. The summed E-state index contributed by atoms with van der Waals surface area (Å²) in [6, 6.07) is 12.2. The third-order valence-electron chi connectivity index (χ3n) is 2.44. The molecule has 0 saturated carbocycles. The summed E-state index contributed by atoms with van der Waals surface area (Å²) in [5.74, 6) is 1.58. The van der Waals surface area contributed by atoms with E-state index < -0.39 is 0 Å². The van der Waals surface area contributed by atoms with Crippen LogP contribution in [-0.2, 0) is 0 Å². The van der Waals surface area contributed by atoms with E-state index in [1.807, 2.05) is 30.3 Å². The van der Waals surface area contributed by atoms with E-state index >= 15 is 0 Å². The molecular formula is C13H10O2. The lowest BCUT2D eigenvalue weighted by Crippen LogP contribution is -1.91. The van der Waals surface area contributed by atoms with Crippen molar-refractivity contribution in [1.82, 2.24) is 0 Å². The lowest BCUT2D eigenvalue weighted by atomic mass is 10.1. The molecule has 15 heavy (non-hydrogen) atoms. The van der Waals surface area contributed by atoms with Gasteiger partial charge in [-0.3, -0.25) is 0 Å². The quantitative estimate of drug-likeness (QED) is 0.647. The molecule has 2 heteroatoms. The van der Waals surface area contributed by atoms with Gasteiger partial charge in [-0.25, -0.2) is 0 Å². The lowest BCUT2D eigenvalue weighted by Gasteiger charge is -2.08. The Morgan fingerprint density at radius 2 is 1.67 bits per heavy atom. The van der Waals surface area contributed by atoms with Gasteiger partial charge in [-0.05, 0) is 29.0 Å². The average Bonchev–Trinajstić information content (AvgIpc) is 2.50. The molecule has 0 N–H and O–H groups in total. The van der Waals surface area contributed by atoms with E-state index in [4.69, 9.17) is 9.47 Å². The molecule has 74 valence electrons. The molecule has 1 heterocycles. The zero-order chi connectivity index (χ0) is 10.1. The van der Waals surface area contributed by atoms with Gasteiger partial charge in [0.05, 0.1) is 6.26 Å². The van der Waals surface area contributed by atoms with Crippen molar-refractivity contribution in [2.24, 2.45) is 0 Å². The molecule has 0 aliphatic carbocycles. The van der Waals surface area contributed by atoms with E-state index in [2.05, 4.69) is 12.1 Å². The SMILES string of the molecule is C1=COc2cc3ccccc3cc2OC1. The van der Waals surface area contributed by atoms with E-state index in [-0.39, 0.29) is 0 Å². The second kappa shape index (κ2) is 3.31. The fourth-order valence-electron chi connectivity index (χ4n) is 1.70. The van der Waals surface area contributed by atoms with Crippen LogP contribution in [0.5, 0.6) is 11.5 Å². The van der Waals surface area contributed by atoms with Gasteiger partial charge in [-0.15, -0.1) is 0 Å². The van der Waals surface area contributed by atoms with Crippen LogP contribution in [0.4, 0.5) is 0 Å². The minimum atomic E-state index is 0.561. The summed E-state index contributed by atoms with van der Waals surface area (Å²) in [5.41, 5.74) is 0. The predicted octanol–water partition coefficient (Wildman–Crippen LogP) is 3.12. The van der Waals surface area contributed by atoms with Crippen LogP contribution in [0, 0.1) is 0 Å². The minimum Gasteiger partial charge on any atom is -0.485 e. The molecule has 1 aliphatic rings. The summed E-state index contributed by atoms with van der Waals surface area (Å²) < 4.78 is 11.0. The van der Waals surface area contributed by atoms with Crippen molar-refractivity contribution >= 4 is 10.8 Å². The minimum absolute atomic E-state index is 0.561. The monoisotopic (exact) mass is 198 g/mol. The molecule has 0 saturated heterocycles. The van der Waals surface area contributed by atoms with Crippen molar-refractivity contribution in [2.45, 2.75) is 0 Å². The van der Waals surface area contributed by atoms with Gasteiger partial charge >= 0.3 is 0 Å². The summed E-state index contributed by atoms with van der Waals surface area (Å²) in [4.78, 5) is 0. The largest absolute Gasteiger partial charge is 0.485 e. The highest BCUT2D eigenvalue weighted by Crippen LogP contribution is 2.33. The van der Waals surface area contributed by atoms with Crippen LogP contribution in [0.2, 0.25) is 0 Å². The first-order chi connectivity index (χ1) is 7.43. The van der Waals surface area contributed by atoms with Crippen LogP contribution in [0.15, 0.2) is 48.7 Å². The Morgan fingerprint density at radius 1 is 0.933 bits per heavy atom. The fraction of sp³-hybridized carbons (Fsp3) is 0.0769. The van der Waals surface area contributed by atoms with Crippen LogP contribution < -0.4 is 9.47 Å². The summed E-state index contributed by atoms with van der Waals surface area (Å²) in [5, 5.41) is 2.33. The Balaban J connectivity index is 2.24. The number of rotatable bonds is 0. The maximum Gasteiger partial charge on any atom is 0.169 e. The maximum absolute atomic E-state index is 5.54. The van der Waals surface area contributed by atoms with Gasteiger partial charge < -0.3 is 9.47 Å². The zero-order valence-corrected chi connectivity index (χ0v) is 8.14. The lowest BCUT2D eigenvalue weighted by molar-refractivity contribution is 0.357. The Morgan fingerprint density at radius 3 is 2.47 bits per heavy atom. The zero-order valence-electron chi connectivity index (χ0n) is 8.14. The van der Waals surface area contributed by atoms with Gasteiger partial charge in [-0.1, -0.05) is 24.3 Å². The van der Waals surface area contributed by atoms with Crippen molar-refractivity contribution in [1.29, 1.82) is 0 Å². The molecular weight excluding hydrogens is 188 g/mol. The van der Waals surface area contributed by atoms with Crippen LogP contribution in [-0.4, -0.2) is 6.61 Å². The highest BCUT2D eigenvalue weighted by molar-refractivity contribution is 5.86. The molecule has 2 aromatic rings. The first-order valence-corrected chi connectivity index (χ1v) is 4.91. The highest BCUT2D eigenvalue weighted by atomic mass is 16.5. The number of hydrogen-bond donors (Lipinski definition) is 0. The number of fused-ring (bicyclic) bond motifs is 2. The molecule has 0 atom stereocenters. The van der Waals surface area contributed by atoms with E-state index in [0.29, 0.717) is 6.61 Å². The first kappa shape index (κ1) is 8.36. The molecule has 0 spiro atoms.